The van der Waals surface area contributed by atoms with Crippen LogP contribution in [-0.4, -0.2) is 14.8 Å². The topological polar surface area (TPSA) is 30.7 Å². The molecule has 2 rings (SSSR count). The Labute approximate surface area is 83.1 Å². The molecule has 72 valence electrons. The molecule has 4 heteroatoms. The summed E-state index contributed by atoms with van der Waals surface area (Å²) in [5, 5.41) is 4.47. The Morgan fingerprint density at radius 3 is 2.69 bits per heavy atom. The van der Waals surface area contributed by atoms with Crippen molar-refractivity contribution in [1.29, 1.82) is 0 Å². The maximum atomic E-state index is 5.69. The van der Waals surface area contributed by atoms with Gasteiger partial charge in [0.1, 0.15) is 5.82 Å². The minimum absolute atomic E-state index is 0.360. The summed E-state index contributed by atoms with van der Waals surface area (Å²) in [5.41, 5.74) is 0.574. The normalized spacial score (nSPS) is 19.0. The first-order valence-corrected chi connectivity index (χ1v) is 5.04. The third-order valence-electron chi connectivity index (χ3n) is 2.86. The SMILES string of the molecule is Cc1nc(Cl)nn1CCC1(C)CC1. The number of halogens is 1. The van der Waals surface area contributed by atoms with Gasteiger partial charge in [-0.2, -0.15) is 0 Å². The number of nitrogens with zero attached hydrogens (tertiary/aromatic N) is 3. The van der Waals surface area contributed by atoms with Crippen molar-refractivity contribution >= 4 is 11.6 Å². The largest absolute Gasteiger partial charge is 0.249 e. The van der Waals surface area contributed by atoms with E-state index in [0.717, 1.165) is 12.4 Å². The van der Waals surface area contributed by atoms with Gasteiger partial charge < -0.3 is 0 Å². The van der Waals surface area contributed by atoms with E-state index in [1.54, 1.807) is 0 Å². The van der Waals surface area contributed by atoms with Crippen molar-refractivity contribution in [2.24, 2.45) is 5.41 Å². The molecule has 1 aliphatic carbocycles. The van der Waals surface area contributed by atoms with Crippen LogP contribution in [0.15, 0.2) is 0 Å². The van der Waals surface area contributed by atoms with Crippen molar-refractivity contribution in [3.63, 3.8) is 0 Å². The van der Waals surface area contributed by atoms with Gasteiger partial charge in [0.25, 0.3) is 0 Å². The Balaban J connectivity index is 1.97. The first-order chi connectivity index (χ1) is 6.09. The van der Waals surface area contributed by atoms with Crippen LogP contribution < -0.4 is 0 Å². The van der Waals surface area contributed by atoms with Crippen LogP contribution in [0.5, 0.6) is 0 Å². The van der Waals surface area contributed by atoms with E-state index in [9.17, 15) is 0 Å². The predicted octanol–water partition coefficient (Wildman–Crippen LogP) is 2.43. The molecule has 0 aromatic carbocycles. The Morgan fingerprint density at radius 1 is 1.54 bits per heavy atom. The average molecular weight is 200 g/mol. The van der Waals surface area contributed by atoms with Gasteiger partial charge in [-0.05, 0) is 43.2 Å². The number of aryl methyl sites for hydroxylation is 2. The van der Waals surface area contributed by atoms with Crippen LogP contribution in [0, 0.1) is 12.3 Å². The Hall–Kier alpha value is -0.570. The molecule has 1 heterocycles. The standard InChI is InChI=1S/C9H14ClN3/c1-7-11-8(10)12-13(7)6-5-9(2)3-4-9/h3-6H2,1-2H3. The molecule has 1 saturated carbocycles. The van der Waals surface area contributed by atoms with Crippen molar-refractivity contribution in [2.75, 3.05) is 0 Å². The molecule has 1 aliphatic rings. The van der Waals surface area contributed by atoms with Crippen molar-refractivity contribution in [1.82, 2.24) is 14.8 Å². The highest BCUT2D eigenvalue weighted by molar-refractivity contribution is 6.28. The molecule has 0 unspecified atom stereocenters. The summed E-state index contributed by atoms with van der Waals surface area (Å²) in [4.78, 5) is 4.05. The number of hydrogen-bond acceptors (Lipinski definition) is 2. The molecule has 3 nitrogen and oxygen atoms in total. The lowest BCUT2D eigenvalue weighted by molar-refractivity contribution is 0.438. The quantitative estimate of drug-likeness (QED) is 0.749. The van der Waals surface area contributed by atoms with E-state index in [1.165, 1.54) is 19.3 Å². The van der Waals surface area contributed by atoms with Gasteiger partial charge in [0.2, 0.25) is 5.28 Å². The Morgan fingerprint density at radius 2 is 2.23 bits per heavy atom. The predicted molar refractivity (Wildman–Crippen MR) is 51.7 cm³/mol. The van der Waals surface area contributed by atoms with Crippen LogP contribution in [0.25, 0.3) is 0 Å². The molecule has 1 fully saturated rings. The molecule has 1 aromatic heterocycles. The van der Waals surface area contributed by atoms with Crippen molar-refractivity contribution < 1.29 is 0 Å². The molecule has 1 aromatic rings. The monoisotopic (exact) mass is 199 g/mol. The second-order valence-corrected chi connectivity index (χ2v) is 4.55. The smallest absolute Gasteiger partial charge is 0.242 e. The van der Waals surface area contributed by atoms with Gasteiger partial charge in [0, 0.05) is 6.54 Å². The fourth-order valence-electron chi connectivity index (χ4n) is 1.44. The molecular weight excluding hydrogens is 186 g/mol. The molecule has 0 spiro atoms. The zero-order chi connectivity index (χ0) is 9.47. The Bertz CT molecular complexity index is 315. The minimum Gasteiger partial charge on any atom is -0.249 e. The molecule has 0 bridgehead atoms. The van der Waals surface area contributed by atoms with Crippen LogP contribution in [0.1, 0.15) is 32.0 Å². The van der Waals surface area contributed by atoms with Crippen LogP contribution in [0.4, 0.5) is 0 Å². The van der Waals surface area contributed by atoms with Gasteiger partial charge >= 0.3 is 0 Å². The average Bonchev–Trinajstić information content (AvgIpc) is 2.69. The highest BCUT2D eigenvalue weighted by atomic mass is 35.5. The molecule has 0 N–H and O–H groups in total. The molecule has 0 saturated heterocycles. The fraction of sp³-hybridized carbons (Fsp3) is 0.778. The summed E-state index contributed by atoms with van der Waals surface area (Å²) in [6, 6.07) is 0. The first-order valence-electron chi connectivity index (χ1n) is 4.66. The second kappa shape index (κ2) is 2.98. The summed E-state index contributed by atoms with van der Waals surface area (Å²) < 4.78 is 1.89. The number of aromatic nitrogens is 3. The summed E-state index contributed by atoms with van der Waals surface area (Å²) >= 11 is 5.69. The van der Waals surface area contributed by atoms with Crippen LogP contribution in [0.2, 0.25) is 5.28 Å². The molecule has 0 radical (unpaired) electrons. The fourth-order valence-corrected chi connectivity index (χ4v) is 1.65. The summed E-state index contributed by atoms with van der Waals surface area (Å²) in [6.45, 7) is 5.21. The lowest BCUT2D eigenvalue weighted by atomic mass is 10.1. The van der Waals surface area contributed by atoms with E-state index >= 15 is 0 Å². The van der Waals surface area contributed by atoms with Crippen molar-refractivity contribution in [3.05, 3.63) is 11.1 Å². The van der Waals surface area contributed by atoms with Crippen LogP contribution >= 0.6 is 11.6 Å². The molecular formula is C9H14ClN3. The lowest BCUT2D eigenvalue weighted by Crippen LogP contribution is -2.07. The van der Waals surface area contributed by atoms with E-state index in [4.69, 9.17) is 11.6 Å². The van der Waals surface area contributed by atoms with Gasteiger partial charge in [-0.25, -0.2) is 9.67 Å². The lowest BCUT2D eigenvalue weighted by Gasteiger charge is -2.07. The highest BCUT2D eigenvalue weighted by Gasteiger charge is 2.36. The summed E-state index contributed by atoms with van der Waals surface area (Å²) in [6.07, 6.45) is 3.90. The van der Waals surface area contributed by atoms with Gasteiger partial charge in [0.05, 0.1) is 0 Å². The van der Waals surface area contributed by atoms with E-state index in [1.807, 2.05) is 11.6 Å². The van der Waals surface area contributed by atoms with E-state index in [2.05, 4.69) is 17.0 Å². The van der Waals surface area contributed by atoms with Crippen molar-refractivity contribution in [2.45, 2.75) is 39.7 Å². The third kappa shape index (κ3) is 2.02. The number of hydrogen-bond donors (Lipinski definition) is 0. The minimum atomic E-state index is 0.360. The maximum Gasteiger partial charge on any atom is 0.242 e. The summed E-state index contributed by atoms with van der Waals surface area (Å²) in [5.74, 6) is 0.911. The molecule has 0 aliphatic heterocycles. The highest BCUT2D eigenvalue weighted by Crippen LogP contribution is 2.48. The number of rotatable bonds is 3. The van der Waals surface area contributed by atoms with Gasteiger partial charge in [-0.1, -0.05) is 6.92 Å². The van der Waals surface area contributed by atoms with Crippen LogP contribution in [0.3, 0.4) is 0 Å². The molecule has 13 heavy (non-hydrogen) atoms. The zero-order valence-electron chi connectivity index (χ0n) is 8.05. The van der Waals surface area contributed by atoms with Crippen LogP contribution in [-0.2, 0) is 6.54 Å². The second-order valence-electron chi connectivity index (χ2n) is 4.21. The zero-order valence-corrected chi connectivity index (χ0v) is 8.80. The van der Waals surface area contributed by atoms with Gasteiger partial charge in [-0.15, -0.1) is 5.10 Å². The van der Waals surface area contributed by atoms with Gasteiger partial charge in [0.15, 0.2) is 0 Å². The molecule has 0 amide bonds. The van der Waals surface area contributed by atoms with E-state index in [0.29, 0.717) is 10.7 Å². The Kier molecular flexibility index (Phi) is 2.06. The summed E-state index contributed by atoms with van der Waals surface area (Å²) in [7, 11) is 0. The molecule has 0 atom stereocenters. The third-order valence-corrected chi connectivity index (χ3v) is 3.02. The first kappa shape index (κ1) is 9.00. The van der Waals surface area contributed by atoms with E-state index in [-0.39, 0.29) is 0 Å². The maximum absolute atomic E-state index is 5.69. The van der Waals surface area contributed by atoms with Gasteiger partial charge in [-0.3, -0.25) is 0 Å². The van der Waals surface area contributed by atoms with E-state index < -0.39 is 0 Å². The van der Waals surface area contributed by atoms with Crippen molar-refractivity contribution in [3.8, 4) is 0 Å².